The maximum atomic E-state index is 14.7. The first kappa shape index (κ1) is 24.1. The number of fused-ring (bicyclic) bond motifs is 3. The van der Waals surface area contributed by atoms with Gasteiger partial charge in [-0.3, -0.25) is 0 Å². The van der Waals surface area contributed by atoms with E-state index in [9.17, 15) is 4.39 Å². The van der Waals surface area contributed by atoms with Crippen LogP contribution in [0.2, 0.25) is 0 Å². The van der Waals surface area contributed by atoms with Crippen molar-refractivity contribution in [2.45, 2.75) is 38.5 Å². The number of unbranched alkanes of at least 4 members (excludes halogenated alkanes) is 1. The Kier molecular flexibility index (Phi) is 7.38. The molecule has 1 aliphatic rings. The number of likely N-dealkylation sites (N-methyl/N-ethyl adjacent to an activating group) is 1. The van der Waals surface area contributed by atoms with Crippen LogP contribution >= 0.6 is 0 Å². The Morgan fingerprint density at radius 3 is 2.61 bits per heavy atom. The minimum atomic E-state index is -0.170. The Morgan fingerprint density at radius 2 is 1.78 bits per heavy atom. The van der Waals surface area contributed by atoms with Gasteiger partial charge in [-0.1, -0.05) is 67.9 Å². The first-order valence-electron chi connectivity index (χ1n) is 12.9. The number of halogens is 1. The van der Waals surface area contributed by atoms with Crippen molar-refractivity contribution in [2.75, 3.05) is 25.5 Å². The van der Waals surface area contributed by atoms with Gasteiger partial charge < -0.3 is 10.2 Å². The second-order valence-electron chi connectivity index (χ2n) is 9.67. The van der Waals surface area contributed by atoms with Crippen LogP contribution in [-0.2, 0) is 12.8 Å². The van der Waals surface area contributed by atoms with Crippen LogP contribution in [-0.4, -0.2) is 35.0 Å². The van der Waals surface area contributed by atoms with Crippen molar-refractivity contribution in [3.63, 3.8) is 0 Å². The minimum absolute atomic E-state index is 0.0514. The number of nitrogens with zero attached hydrogens (tertiary/aromatic N) is 3. The third-order valence-electron chi connectivity index (χ3n) is 7.02. The third-order valence-corrected chi connectivity index (χ3v) is 7.02. The molecule has 1 aromatic heterocycles. The molecular weight excluding hydrogens is 447 g/mol. The summed E-state index contributed by atoms with van der Waals surface area (Å²) in [5.74, 6) is 0.353. The van der Waals surface area contributed by atoms with E-state index in [1.54, 1.807) is 6.07 Å². The molecule has 0 spiro atoms. The Labute approximate surface area is 213 Å². The Bertz CT molecular complexity index is 1340. The van der Waals surface area contributed by atoms with Gasteiger partial charge >= 0.3 is 0 Å². The van der Waals surface area contributed by atoms with E-state index >= 15 is 0 Å². The van der Waals surface area contributed by atoms with Gasteiger partial charge in [-0.15, -0.1) is 0 Å². The van der Waals surface area contributed by atoms with Crippen LogP contribution in [0.25, 0.3) is 11.3 Å². The number of hydrogen-bond donors (Lipinski definition) is 1. The van der Waals surface area contributed by atoms with E-state index in [1.807, 2.05) is 30.5 Å². The monoisotopic (exact) mass is 480 g/mol. The van der Waals surface area contributed by atoms with E-state index in [1.165, 1.54) is 24.5 Å². The molecule has 0 bridgehead atoms. The summed E-state index contributed by atoms with van der Waals surface area (Å²) in [5, 5.41) is 3.40. The molecule has 1 atom stereocenters. The zero-order valence-corrected chi connectivity index (χ0v) is 21.0. The predicted molar refractivity (Wildman–Crippen MR) is 145 cm³/mol. The molecule has 1 N–H and O–H groups in total. The van der Waals surface area contributed by atoms with Gasteiger partial charge in [0, 0.05) is 29.9 Å². The molecule has 36 heavy (non-hydrogen) atoms. The molecule has 5 rings (SSSR count). The molecule has 0 aliphatic heterocycles. The first-order valence-corrected chi connectivity index (χ1v) is 12.9. The summed E-state index contributed by atoms with van der Waals surface area (Å²) in [6.45, 7) is 4.40. The molecule has 4 nitrogen and oxygen atoms in total. The molecule has 5 heteroatoms. The van der Waals surface area contributed by atoms with Crippen LogP contribution in [0.1, 0.15) is 47.9 Å². The van der Waals surface area contributed by atoms with Crippen LogP contribution in [0.5, 0.6) is 0 Å². The standard InChI is InChI=1S/C31H33FN4/c1-3-4-17-36(2)18-16-22-10-9-11-24(19-22)34-31-33-21-23-20-28(26-13-7-8-15-29(26)32)25-12-5-6-14-27(25)30(23)35-31/h5-15,19,21,28H,3-4,16-18,20H2,1-2H3,(H,33,34,35). The normalized spacial score (nSPS) is 14.4. The number of rotatable bonds is 9. The molecule has 1 heterocycles. The quantitative estimate of drug-likeness (QED) is 0.280. The molecule has 184 valence electrons. The minimum Gasteiger partial charge on any atom is -0.324 e. The highest BCUT2D eigenvalue weighted by atomic mass is 19.1. The van der Waals surface area contributed by atoms with Gasteiger partial charge in [0.15, 0.2) is 0 Å². The Balaban J connectivity index is 1.37. The van der Waals surface area contributed by atoms with Gasteiger partial charge in [-0.25, -0.2) is 14.4 Å². The lowest BCUT2D eigenvalue weighted by molar-refractivity contribution is 0.332. The van der Waals surface area contributed by atoms with Crippen LogP contribution in [0.4, 0.5) is 16.0 Å². The van der Waals surface area contributed by atoms with E-state index in [4.69, 9.17) is 4.98 Å². The van der Waals surface area contributed by atoms with Crippen molar-refractivity contribution in [2.24, 2.45) is 0 Å². The van der Waals surface area contributed by atoms with E-state index in [0.717, 1.165) is 53.1 Å². The highest BCUT2D eigenvalue weighted by Crippen LogP contribution is 2.42. The lowest BCUT2D eigenvalue weighted by Crippen LogP contribution is -2.22. The summed E-state index contributed by atoms with van der Waals surface area (Å²) >= 11 is 0. The SMILES string of the molecule is CCCCN(C)CCc1cccc(Nc2ncc3c(n2)-c2ccccc2C(c2ccccc2F)C3)c1. The second kappa shape index (κ2) is 11.0. The van der Waals surface area contributed by atoms with Crippen LogP contribution in [0, 0.1) is 5.82 Å². The molecule has 0 fully saturated rings. The maximum absolute atomic E-state index is 14.7. The fraction of sp³-hybridized carbons (Fsp3) is 0.290. The lowest BCUT2D eigenvalue weighted by atomic mass is 9.78. The van der Waals surface area contributed by atoms with Crippen LogP contribution in [0.3, 0.4) is 0 Å². The smallest absolute Gasteiger partial charge is 0.227 e. The largest absolute Gasteiger partial charge is 0.324 e. The van der Waals surface area contributed by atoms with E-state index in [-0.39, 0.29) is 11.7 Å². The number of hydrogen-bond acceptors (Lipinski definition) is 4. The highest BCUT2D eigenvalue weighted by Gasteiger charge is 2.28. The molecular formula is C31H33FN4. The van der Waals surface area contributed by atoms with E-state index in [2.05, 4.69) is 65.6 Å². The zero-order chi connectivity index (χ0) is 24.9. The summed E-state index contributed by atoms with van der Waals surface area (Å²) in [5.41, 5.74) is 7.10. The fourth-order valence-corrected chi connectivity index (χ4v) is 5.02. The average molecular weight is 481 g/mol. The number of benzene rings is 3. The summed E-state index contributed by atoms with van der Waals surface area (Å²) in [6, 6.07) is 23.7. The van der Waals surface area contributed by atoms with Gasteiger partial charge in [0.05, 0.1) is 5.69 Å². The van der Waals surface area contributed by atoms with E-state index < -0.39 is 0 Å². The number of aromatic nitrogens is 2. The van der Waals surface area contributed by atoms with Gasteiger partial charge in [0.25, 0.3) is 0 Å². The molecule has 1 unspecified atom stereocenters. The molecule has 3 aromatic carbocycles. The third kappa shape index (κ3) is 5.31. The molecule has 0 saturated heterocycles. The van der Waals surface area contributed by atoms with Crippen molar-refractivity contribution in [1.82, 2.24) is 14.9 Å². The van der Waals surface area contributed by atoms with Crippen molar-refractivity contribution in [3.05, 3.63) is 107 Å². The van der Waals surface area contributed by atoms with Gasteiger partial charge in [-0.2, -0.15) is 0 Å². The van der Waals surface area contributed by atoms with Crippen molar-refractivity contribution in [3.8, 4) is 11.3 Å². The fourth-order valence-electron chi connectivity index (χ4n) is 5.02. The summed E-state index contributed by atoms with van der Waals surface area (Å²) in [7, 11) is 2.19. The molecule has 0 radical (unpaired) electrons. The van der Waals surface area contributed by atoms with Crippen molar-refractivity contribution >= 4 is 11.6 Å². The topological polar surface area (TPSA) is 41.0 Å². The van der Waals surface area contributed by atoms with Crippen molar-refractivity contribution in [1.29, 1.82) is 0 Å². The molecule has 1 aliphatic carbocycles. The zero-order valence-electron chi connectivity index (χ0n) is 21.0. The second-order valence-corrected chi connectivity index (χ2v) is 9.67. The van der Waals surface area contributed by atoms with Gasteiger partial charge in [0.1, 0.15) is 5.82 Å². The Hall–Kier alpha value is -3.57. The molecule has 4 aromatic rings. The van der Waals surface area contributed by atoms with Crippen LogP contribution < -0.4 is 5.32 Å². The summed E-state index contributed by atoms with van der Waals surface area (Å²) in [6.07, 6.45) is 6.03. The van der Waals surface area contributed by atoms with E-state index in [0.29, 0.717) is 12.4 Å². The lowest BCUT2D eigenvalue weighted by Gasteiger charge is -2.27. The highest BCUT2D eigenvalue weighted by molar-refractivity contribution is 5.73. The van der Waals surface area contributed by atoms with Gasteiger partial charge in [0.2, 0.25) is 5.95 Å². The van der Waals surface area contributed by atoms with Crippen LogP contribution in [0.15, 0.2) is 79.0 Å². The summed E-state index contributed by atoms with van der Waals surface area (Å²) in [4.78, 5) is 11.9. The maximum Gasteiger partial charge on any atom is 0.227 e. The molecule has 0 amide bonds. The number of nitrogens with one attached hydrogen (secondary N) is 1. The number of anilines is 2. The van der Waals surface area contributed by atoms with Gasteiger partial charge in [-0.05, 0) is 73.3 Å². The first-order chi connectivity index (χ1) is 17.6. The Morgan fingerprint density at radius 1 is 0.972 bits per heavy atom. The van der Waals surface area contributed by atoms with Crippen molar-refractivity contribution < 1.29 is 4.39 Å². The predicted octanol–water partition coefficient (Wildman–Crippen LogP) is 6.99. The molecule has 0 saturated carbocycles. The summed E-state index contributed by atoms with van der Waals surface area (Å²) < 4.78 is 14.7. The average Bonchev–Trinajstić information content (AvgIpc) is 2.91.